The Morgan fingerprint density at radius 1 is 1.14 bits per heavy atom. The lowest BCUT2D eigenvalue weighted by Crippen LogP contribution is -2.14. The molecule has 0 amide bonds. The zero-order valence-electron chi connectivity index (χ0n) is 10.4. The van der Waals surface area contributed by atoms with Crippen molar-refractivity contribution in [1.29, 1.82) is 0 Å². The van der Waals surface area contributed by atoms with Crippen LogP contribution in [0.2, 0.25) is 0 Å². The summed E-state index contributed by atoms with van der Waals surface area (Å²) in [6.45, 7) is 0. The van der Waals surface area contributed by atoms with Crippen molar-refractivity contribution in [1.82, 2.24) is 0 Å². The molecule has 0 spiro atoms. The molecule has 2 aromatic rings. The molecule has 0 aliphatic rings. The number of hydrogen-bond donors (Lipinski definition) is 2. The molecule has 2 aromatic carbocycles. The molecule has 0 fully saturated rings. The summed E-state index contributed by atoms with van der Waals surface area (Å²) in [5.74, 6) is -2.83. The largest absolute Gasteiger partial charge is 0.872 e. The second-order valence-corrected chi connectivity index (χ2v) is 5.76. The van der Waals surface area contributed by atoms with Crippen molar-refractivity contribution in [2.24, 2.45) is 0 Å². The standard InChI is InChI=1S/C13H10FNO5S/c14-8-1-3-9(4-2-8)15-21(19,20)10-5-6-12(16)11(7-10)13(17)18/h1-7,15-16H,(H,17,18)/p-1. The van der Waals surface area contributed by atoms with Crippen molar-refractivity contribution in [3.05, 3.63) is 53.8 Å². The summed E-state index contributed by atoms with van der Waals surface area (Å²) in [5.41, 5.74) is -0.531. The van der Waals surface area contributed by atoms with Gasteiger partial charge in [0.1, 0.15) is 5.82 Å². The quantitative estimate of drug-likeness (QED) is 0.887. The van der Waals surface area contributed by atoms with E-state index in [-0.39, 0.29) is 10.6 Å². The summed E-state index contributed by atoms with van der Waals surface area (Å²) in [6, 6.07) is 7.21. The second-order valence-electron chi connectivity index (χ2n) is 4.08. The Kier molecular flexibility index (Phi) is 3.81. The number of carboxylic acid groups (broad SMARTS) is 1. The van der Waals surface area contributed by atoms with E-state index in [1.54, 1.807) is 0 Å². The van der Waals surface area contributed by atoms with Crippen LogP contribution in [0.15, 0.2) is 47.4 Å². The van der Waals surface area contributed by atoms with Crippen molar-refractivity contribution in [2.75, 3.05) is 4.72 Å². The number of anilines is 1. The first kappa shape index (κ1) is 14.8. The number of benzene rings is 2. The minimum absolute atomic E-state index is 0.111. The first-order valence-electron chi connectivity index (χ1n) is 5.62. The Labute approximate surface area is 119 Å². The minimum atomic E-state index is -4.07. The van der Waals surface area contributed by atoms with Crippen LogP contribution in [0.25, 0.3) is 0 Å². The molecule has 21 heavy (non-hydrogen) atoms. The Morgan fingerprint density at radius 3 is 2.33 bits per heavy atom. The number of aromatic carboxylic acids is 1. The smallest absolute Gasteiger partial charge is 0.335 e. The average molecular weight is 310 g/mol. The van der Waals surface area contributed by atoms with E-state index in [0.29, 0.717) is 0 Å². The topological polar surface area (TPSA) is 107 Å². The molecule has 2 N–H and O–H groups in total. The van der Waals surface area contributed by atoms with Gasteiger partial charge in [0.15, 0.2) is 0 Å². The Hall–Kier alpha value is -2.61. The van der Waals surface area contributed by atoms with E-state index in [4.69, 9.17) is 5.11 Å². The molecule has 0 saturated carbocycles. The predicted molar refractivity (Wildman–Crippen MR) is 70.1 cm³/mol. The van der Waals surface area contributed by atoms with Gasteiger partial charge in [-0.15, -0.1) is 0 Å². The molecule has 0 radical (unpaired) electrons. The first-order valence-corrected chi connectivity index (χ1v) is 7.10. The number of rotatable bonds is 4. The molecular formula is C13H9FNO5S-. The summed E-state index contributed by atoms with van der Waals surface area (Å²) < 4.78 is 39.1. The third-order valence-electron chi connectivity index (χ3n) is 2.59. The maximum atomic E-state index is 12.8. The molecular weight excluding hydrogens is 301 g/mol. The third-order valence-corrected chi connectivity index (χ3v) is 3.97. The van der Waals surface area contributed by atoms with Crippen molar-refractivity contribution >= 4 is 21.7 Å². The van der Waals surface area contributed by atoms with Gasteiger partial charge in [0.05, 0.1) is 10.5 Å². The van der Waals surface area contributed by atoms with Gasteiger partial charge in [-0.1, -0.05) is 11.8 Å². The van der Waals surface area contributed by atoms with Crippen molar-refractivity contribution in [3.8, 4) is 5.75 Å². The van der Waals surface area contributed by atoms with Gasteiger partial charge in [-0.2, -0.15) is 0 Å². The second kappa shape index (κ2) is 5.41. The van der Waals surface area contributed by atoms with Gasteiger partial charge in [0, 0.05) is 5.69 Å². The summed E-state index contributed by atoms with van der Waals surface area (Å²) in [7, 11) is -4.07. The molecule has 2 rings (SSSR count). The van der Waals surface area contributed by atoms with Gasteiger partial charge in [-0.05, 0) is 36.4 Å². The van der Waals surface area contributed by atoms with Gasteiger partial charge >= 0.3 is 5.97 Å². The van der Waals surface area contributed by atoms with Crippen LogP contribution in [0.5, 0.6) is 5.75 Å². The number of carboxylic acids is 1. The molecule has 0 bridgehead atoms. The molecule has 6 nitrogen and oxygen atoms in total. The molecule has 0 heterocycles. The lowest BCUT2D eigenvalue weighted by Gasteiger charge is -2.13. The fourth-order valence-corrected chi connectivity index (χ4v) is 2.66. The number of carbonyl (C=O) groups is 1. The molecule has 0 aromatic heterocycles. The highest BCUT2D eigenvalue weighted by atomic mass is 32.2. The van der Waals surface area contributed by atoms with Gasteiger partial charge < -0.3 is 10.2 Å². The van der Waals surface area contributed by atoms with E-state index in [0.717, 1.165) is 30.3 Å². The summed E-state index contributed by atoms with van der Waals surface area (Å²) >= 11 is 0. The maximum absolute atomic E-state index is 12.8. The zero-order valence-corrected chi connectivity index (χ0v) is 11.2. The highest BCUT2D eigenvalue weighted by Gasteiger charge is 2.16. The highest BCUT2D eigenvalue weighted by Crippen LogP contribution is 2.21. The molecule has 8 heteroatoms. The van der Waals surface area contributed by atoms with Crippen LogP contribution in [0.3, 0.4) is 0 Å². The third kappa shape index (κ3) is 3.29. The van der Waals surface area contributed by atoms with E-state index in [9.17, 15) is 22.7 Å². The lowest BCUT2D eigenvalue weighted by atomic mass is 10.2. The van der Waals surface area contributed by atoms with Crippen LogP contribution in [0, 0.1) is 5.82 Å². The van der Waals surface area contributed by atoms with Gasteiger partial charge in [0.2, 0.25) is 0 Å². The number of sulfonamides is 1. The lowest BCUT2D eigenvalue weighted by molar-refractivity contribution is -0.268. The number of hydrogen-bond acceptors (Lipinski definition) is 4. The molecule has 0 aliphatic heterocycles. The van der Waals surface area contributed by atoms with Crippen molar-refractivity contribution in [3.63, 3.8) is 0 Å². The van der Waals surface area contributed by atoms with E-state index in [1.165, 1.54) is 12.1 Å². The summed E-state index contributed by atoms with van der Waals surface area (Å²) in [5, 5.41) is 20.1. The molecule has 0 saturated heterocycles. The molecule has 0 unspecified atom stereocenters. The maximum Gasteiger partial charge on any atom is 0.335 e. The minimum Gasteiger partial charge on any atom is -0.872 e. The predicted octanol–water partition coefficient (Wildman–Crippen LogP) is 1.40. The Bertz CT molecular complexity index is 787. The van der Waals surface area contributed by atoms with Crippen LogP contribution in [-0.2, 0) is 10.0 Å². The summed E-state index contributed by atoms with van der Waals surface area (Å²) in [6.07, 6.45) is 0. The van der Waals surface area contributed by atoms with E-state index in [1.807, 2.05) is 0 Å². The SMILES string of the molecule is O=C(O)c1cc(S(=O)(=O)Nc2ccc(F)cc2)ccc1[O-]. The summed E-state index contributed by atoms with van der Waals surface area (Å²) in [4.78, 5) is 10.5. The fourth-order valence-electron chi connectivity index (χ4n) is 1.58. The number of halogens is 1. The molecule has 0 atom stereocenters. The fraction of sp³-hybridized carbons (Fsp3) is 0. The van der Waals surface area contributed by atoms with Crippen LogP contribution >= 0.6 is 0 Å². The zero-order chi connectivity index (χ0) is 15.6. The van der Waals surface area contributed by atoms with Crippen LogP contribution in [0.1, 0.15) is 10.4 Å². The van der Waals surface area contributed by atoms with Crippen LogP contribution in [-0.4, -0.2) is 19.5 Å². The monoisotopic (exact) mass is 310 g/mol. The van der Waals surface area contributed by atoms with Crippen LogP contribution in [0.4, 0.5) is 10.1 Å². The van der Waals surface area contributed by atoms with Crippen molar-refractivity contribution < 1.29 is 27.8 Å². The average Bonchev–Trinajstić information content (AvgIpc) is 2.41. The molecule has 110 valence electrons. The van der Waals surface area contributed by atoms with E-state index >= 15 is 0 Å². The van der Waals surface area contributed by atoms with Gasteiger partial charge in [0.25, 0.3) is 10.0 Å². The Balaban J connectivity index is 2.38. The molecule has 0 aliphatic carbocycles. The van der Waals surface area contributed by atoms with Crippen molar-refractivity contribution in [2.45, 2.75) is 4.90 Å². The van der Waals surface area contributed by atoms with Gasteiger partial charge in [-0.25, -0.2) is 17.6 Å². The Morgan fingerprint density at radius 2 is 1.76 bits per heavy atom. The number of nitrogens with one attached hydrogen (secondary N) is 1. The van der Waals surface area contributed by atoms with Crippen LogP contribution < -0.4 is 9.83 Å². The highest BCUT2D eigenvalue weighted by molar-refractivity contribution is 7.92. The van der Waals surface area contributed by atoms with Gasteiger partial charge in [-0.3, -0.25) is 4.72 Å². The van der Waals surface area contributed by atoms with E-state index < -0.39 is 33.1 Å². The van der Waals surface area contributed by atoms with E-state index in [2.05, 4.69) is 4.72 Å². The first-order chi connectivity index (χ1) is 9.79. The normalized spacial score (nSPS) is 11.1.